The normalized spacial score (nSPS) is 17.7. The summed E-state index contributed by atoms with van der Waals surface area (Å²) in [6, 6.07) is 9.84. The summed E-state index contributed by atoms with van der Waals surface area (Å²) >= 11 is 0. The van der Waals surface area contributed by atoms with E-state index in [4.69, 9.17) is 4.74 Å². The van der Waals surface area contributed by atoms with Gasteiger partial charge < -0.3 is 25.2 Å². The third kappa shape index (κ3) is 4.61. The number of rotatable bonds is 5. The average molecular weight is 476 g/mol. The fourth-order valence-electron chi connectivity index (χ4n) is 4.43. The Hall–Kier alpha value is -3.79. The van der Waals surface area contributed by atoms with Crippen molar-refractivity contribution in [3.05, 3.63) is 53.3 Å². The topological polar surface area (TPSA) is 113 Å². The Balaban J connectivity index is 1.42. The van der Waals surface area contributed by atoms with Gasteiger partial charge in [-0.3, -0.25) is 9.78 Å². The largest absolute Gasteiger partial charge is 0.418 e. The van der Waals surface area contributed by atoms with Crippen LogP contribution in [0.4, 0.5) is 10.6 Å². The molecule has 2 amide bonds. The fourth-order valence-corrected chi connectivity index (χ4v) is 4.43. The summed E-state index contributed by atoms with van der Waals surface area (Å²) in [5.74, 6) is 0.288. The number of nitrogens with zero attached hydrogens (tertiary/aromatic N) is 5. The molecule has 5 rings (SSSR count). The molecule has 0 bridgehead atoms. The lowest BCUT2D eigenvalue weighted by Crippen LogP contribution is -2.53. The smallest absolute Gasteiger partial charge is 0.374 e. The van der Waals surface area contributed by atoms with Gasteiger partial charge in [-0.2, -0.15) is 9.97 Å². The van der Waals surface area contributed by atoms with Crippen molar-refractivity contribution in [3.8, 4) is 6.01 Å². The van der Waals surface area contributed by atoms with Crippen LogP contribution < -0.4 is 15.4 Å². The molecule has 10 heteroatoms. The minimum absolute atomic E-state index is 0.00179. The fraction of sp³-hybridized carbons (Fsp3) is 0.400. The number of pyridine rings is 1. The van der Waals surface area contributed by atoms with Gasteiger partial charge in [0.25, 0.3) is 5.91 Å². The van der Waals surface area contributed by atoms with Gasteiger partial charge in [0.1, 0.15) is 11.5 Å². The standard InChI is InChI=1S/C25H29N7O3/c1-15(2)32-14-19-21(23(32)33)29-24(35-25(34)31-9-8-26-11-16(31)3)30-22(19)28-13-17-10-18-6-4-5-7-20(18)27-12-17/h4-7,10,12,15-16,26H,8-9,11,13-14H2,1-3H3,(H,28,29,30). The summed E-state index contributed by atoms with van der Waals surface area (Å²) in [5.41, 5.74) is 2.86. The maximum atomic E-state index is 13.0. The van der Waals surface area contributed by atoms with Crippen LogP contribution in [0.2, 0.25) is 0 Å². The first kappa shape index (κ1) is 23.0. The lowest BCUT2D eigenvalue weighted by molar-refractivity contribution is 0.0725. The highest BCUT2D eigenvalue weighted by Gasteiger charge is 2.35. The Kier molecular flexibility index (Phi) is 6.21. The van der Waals surface area contributed by atoms with Crippen LogP contribution in [0.25, 0.3) is 10.9 Å². The highest BCUT2D eigenvalue weighted by molar-refractivity contribution is 5.98. The number of carbonyl (C=O) groups excluding carboxylic acids is 2. The zero-order valence-corrected chi connectivity index (χ0v) is 20.1. The zero-order valence-electron chi connectivity index (χ0n) is 20.1. The van der Waals surface area contributed by atoms with Gasteiger partial charge in [-0.05, 0) is 38.5 Å². The lowest BCUT2D eigenvalue weighted by Gasteiger charge is -2.32. The van der Waals surface area contributed by atoms with Crippen molar-refractivity contribution >= 4 is 28.7 Å². The van der Waals surface area contributed by atoms with Crippen LogP contribution >= 0.6 is 0 Å². The van der Waals surface area contributed by atoms with E-state index in [1.165, 1.54) is 0 Å². The number of piperazine rings is 1. The Labute approximate surface area is 203 Å². The van der Waals surface area contributed by atoms with E-state index in [0.717, 1.165) is 16.5 Å². The zero-order chi connectivity index (χ0) is 24.5. The summed E-state index contributed by atoms with van der Waals surface area (Å²) in [5, 5.41) is 7.61. The number of nitrogens with one attached hydrogen (secondary N) is 2. The van der Waals surface area contributed by atoms with Gasteiger partial charge in [0.05, 0.1) is 12.1 Å². The van der Waals surface area contributed by atoms with Crippen molar-refractivity contribution in [1.82, 2.24) is 30.1 Å². The number of anilines is 1. The van der Waals surface area contributed by atoms with Crippen LogP contribution in [0.15, 0.2) is 36.5 Å². The molecular weight excluding hydrogens is 446 g/mol. The molecule has 182 valence electrons. The monoisotopic (exact) mass is 475 g/mol. The maximum Gasteiger partial charge on any atom is 0.418 e. The molecule has 1 aromatic carbocycles. The highest BCUT2D eigenvalue weighted by atomic mass is 16.6. The molecule has 1 unspecified atom stereocenters. The van der Waals surface area contributed by atoms with Gasteiger partial charge in [-0.1, -0.05) is 18.2 Å². The van der Waals surface area contributed by atoms with E-state index in [2.05, 4.69) is 31.7 Å². The minimum Gasteiger partial charge on any atom is -0.374 e. The molecule has 0 radical (unpaired) electrons. The second-order valence-corrected chi connectivity index (χ2v) is 9.21. The molecule has 2 aliphatic heterocycles. The molecule has 1 saturated heterocycles. The molecule has 1 fully saturated rings. The Morgan fingerprint density at radius 1 is 1.29 bits per heavy atom. The number of aromatic nitrogens is 3. The number of benzene rings is 1. The van der Waals surface area contributed by atoms with Gasteiger partial charge in [-0.25, -0.2) is 4.79 Å². The van der Waals surface area contributed by atoms with E-state index >= 15 is 0 Å². The van der Waals surface area contributed by atoms with E-state index in [1.54, 1.807) is 9.80 Å². The summed E-state index contributed by atoms with van der Waals surface area (Å²) < 4.78 is 5.56. The SMILES string of the molecule is CC(C)N1Cc2c(NCc3cnc4ccccc4c3)nc(OC(=O)N3CCNCC3C)nc2C1=O. The van der Waals surface area contributed by atoms with E-state index in [1.807, 2.05) is 51.2 Å². The first-order chi connectivity index (χ1) is 16.9. The highest BCUT2D eigenvalue weighted by Crippen LogP contribution is 2.30. The predicted octanol–water partition coefficient (Wildman–Crippen LogP) is 2.79. The second-order valence-electron chi connectivity index (χ2n) is 9.21. The molecule has 4 heterocycles. The summed E-state index contributed by atoms with van der Waals surface area (Å²) in [7, 11) is 0. The molecule has 2 aromatic heterocycles. The molecule has 0 aliphatic carbocycles. The van der Waals surface area contributed by atoms with Crippen LogP contribution in [0.1, 0.15) is 42.4 Å². The molecule has 2 aliphatic rings. The first-order valence-electron chi connectivity index (χ1n) is 11.9. The maximum absolute atomic E-state index is 13.0. The van der Waals surface area contributed by atoms with Gasteiger partial charge in [0, 0.05) is 55.4 Å². The molecule has 10 nitrogen and oxygen atoms in total. The van der Waals surface area contributed by atoms with E-state index in [9.17, 15) is 9.59 Å². The Morgan fingerprint density at radius 3 is 2.91 bits per heavy atom. The van der Waals surface area contributed by atoms with Crippen LogP contribution in [0, 0.1) is 0 Å². The van der Waals surface area contributed by atoms with E-state index in [-0.39, 0.29) is 29.7 Å². The van der Waals surface area contributed by atoms with Crippen molar-refractivity contribution in [1.29, 1.82) is 0 Å². The number of hydrogen-bond acceptors (Lipinski definition) is 8. The van der Waals surface area contributed by atoms with Crippen LogP contribution in [-0.2, 0) is 13.1 Å². The van der Waals surface area contributed by atoms with Crippen molar-refractivity contribution in [2.75, 3.05) is 25.0 Å². The van der Waals surface area contributed by atoms with Crippen molar-refractivity contribution in [2.24, 2.45) is 0 Å². The summed E-state index contributed by atoms with van der Waals surface area (Å²) in [6.07, 6.45) is 1.30. The molecule has 0 spiro atoms. The average Bonchev–Trinajstić information content (AvgIpc) is 3.19. The number of para-hydroxylation sites is 1. The predicted molar refractivity (Wildman–Crippen MR) is 131 cm³/mol. The molecule has 0 saturated carbocycles. The number of amides is 2. The lowest BCUT2D eigenvalue weighted by atomic mass is 10.1. The van der Waals surface area contributed by atoms with Crippen LogP contribution in [0.5, 0.6) is 6.01 Å². The molecule has 3 aromatic rings. The first-order valence-corrected chi connectivity index (χ1v) is 11.9. The third-order valence-electron chi connectivity index (χ3n) is 6.42. The number of fused-ring (bicyclic) bond motifs is 2. The van der Waals surface area contributed by atoms with Crippen molar-refractivity contribution < 1.29 is 14.3 Å². The van der Waals surface area contributed by atoms with E-state index < -0.39 is 6.09 Å². The molecule has 1 atom stereocenters. The van der Waals surface area contributed by atoms with Gasteiger partial charge >= 0.3 is 12.1 Å². The summed E-state index contributed by atoms with van der Waals surface area (Å²) in [4.78, 5) is 42.6. The number of hydrogen-bond donors (Lipinski definition) is 2. The molecule has 35 heavy (non-hydrogen) atoms. The minimum atomic E-state index is -0.519. The third-order valence-corrected chi connectivity index (χ3v) is 6.42. The van der Waals surface area contributed by atoms with Crippen molar-refractivity contribution in [2.45, 2.75) is 45.9 Å². The van der Waals surface area contributed by atoms with Crippen molar-refractivity contribution in [3.63, 3.8) is 0 Å². The van der Waals surface area contributed by atoms with Gasteiger partial charge in [0.2, 0.25) is 0 Å². The van der Waals surface area contributed by atoms with E-state index in [0.29, 0.717) is 44.1 Å². The number of ether oxygens (including phenoxy) is 1. The molecule has 2 N–H and O–H groups in total. The van der Waals surface area contributed by atoms with Crippen LogP contribution in [0.3, 0.4) is 0 Å². The summed E-state index contributed by atoms with van der Waals surface area (Å²) in [6.45, 7) is 8.62. The van der Waals surface area contributed by atoms with Gasteiger partial charge in [0.15, 0.2) is 0 Å². The quantitative estimate of drug-likeness (QED) is 0.579. The Bertz CT molecular complexity index is 1280. The molecular formula is C25H29N7O3. The van der Waals surface area contributed by atoms with Crippen LogP contribution in [-0.4, -0.2) is 68.5 Å². The number of carbonyl (C=O) groups is 2. The van der Waals surface area contributed by atoms with Gasteiger partial charge in [-0.15, -0.1) is 0 Å². The Morgan fingerprint density at radius 2 is 2.11 bits per heavy atom. The second kappa shape index (κ2) is 9.46.